The zero-order valence-corrected chi connectivity index (χ0v) is 12.4. The van der Waals surface area contributed by atoms with Gasteiger partial charge in [-0.2, -0.15) is 5.26 Å². The first-order valence-corrected chi connectivity index (χ1v) is 7.02. The van der Waals surface area contributed by atoms with Crippen LogP contribution in [0.15, 0.2) is 46.9 Å². The molecular weight excluding hydrogens is 330 g/mol. The maximum absolute atomic E-state index is 9.50. The molecule has 2 aromatic carbocycles. The van der Waals surface area contributed by atoms with E-state index in [0.29, 0.717) is 15.9 Å². The Balaban J connectivity index is 2.06. The highest BCUT2D eigenvalue weighted by Gasteiger charge is 2.08. The third-order valence-corrected chi connectivity index (χ3v) is 3.68. The average molecular weight is 340 g/mol. The van der Waals surface area contributed by atoms with Crippen LogP contribution < -0.4 is 0 Å². The minimum atomic E-state index is 0.161. The number of hydrogen-bond acceptors (Lipinski definition) is 3. The third-order valence-electron chi connectivity index (χ3n) is 3.05. The number of hydrogen-bond donors (Lipinski definition) is 2. The molecule has 0 aliphatic rings. The number of aromatic nitrogens is 2. The van der Waals surface area contributed by atoms with Crippen molar-refractivity contribution < 1.29 is 5.11 Å². The van der Waals surface area contributed by atoms with E-state index in [4.69, 9.17) is 0 Å². The van der Waals surface area contributed by atoms with Crippen molar-refractivity contribution in [2.45, 2.75) is 0 Å². The zero-order chi connectivity index (χ0) is 14.8. The number of phenolic OH excluding ortho intramolecular Hbond substituents is 1. The summed E-state index contributed by atoms with van der Waals surface area (Å²) in [6.07, 6.45) is 1.72. The van der Waals surface area contributed by atoms with Crippen LogP contribution in [0.3, 0.4) is 0 Å². The Bertz CT molecular complexity index is 857. The van der Waals surface area contributed by atoms with Crippen molar-refractivity contribution in [3.8, 4) is 11.8 Å². The number of phenols is 1. The molecule has 0 radical (unpaired) electrons. The summed E-state index contributed by atoms with van der Waals surface area (Å²) in [5.41, 5.74) is 2.95. The summed E-state index contributed by atoms with van der Waals surface area (Å²) in [7, 11) is 0. The van der Waals surface area contributed by atoms with Crippen LogP contribution in [0.25, 0.3) is 22.7 Å². The van der Waals surface area contributed by atoms with Crippen molar-refractivity contribution in [2.75, 3.05) is 0 Å². The summed E-state index contributed by atoms with van der Waals surface area (Å²) in [4.78, 5) is 7.54. The number of benzene rings is 2. The molecule has 1 aromatic heterocycles. The Morgan fingerprint density at radius 3 is 2.81 bits per heavy atom. The normalized spacial score (nSPS) is 11.5. The number of allylic oxidation sites excluding steroid dienone is 1. The standard InChI is InChI=1S/C16H10BrN3O/c17-12-8-10(5-6-15(12)21)7-11(9-18)16-19-13-3-1-2-4-14(13)20-16/h1-8,21H,(H,19,20)/b11-7+. The first-order chi connectivity index (χ1) is 10.2. The molecule has 4 nitrogen and oxygen atoms in total. The molecule has 0 unspecified atom stereocenters. The van der Waals surface area contributed by atoms with Crippen molar-refractivity contribution in [1.29, 1.82) is 5.26 Å². The lowest BCUT2D eigenvalue weighted by atomic mass is 10.1. The van der Waals surface area contributed by atoms with Crippen molar-refractivity contribution in [3.05, 3.63) is 58.3 Å². The molecule has 3 aromatic rings. The van der Waals surface area contributed by atoms with Crippen LogP contribution in [0, 0.1) is 11.3 Å². The fourth-order valence-electron chi connectivity index (χ4n) is 2.01. The Kier molecular flexibility index (Phi) is 3.46. The van der Waals surface area contributed by atoms with Crippen molar-refractivity contribution >= 4 is 38.6 Å². The van der Waals surface area contributed by atoms with E-state index in [1.165, 1.54) is 0 Å². The molecule has 0 aliphatic carbocycles. The van der Waals surface area contributed by atoms with Gasteiger partial charge < -0.3 is 10.1 Å². The van der Waals surface area contributed by atoms with Gasteiger partial charge in [0.1, 0.15) is 17.6 Å². The van der Waals surface area contributed by atoms with E-state index < -0.39 is 0 Å². The van der Waals surface area contributed by atoms with Gasteiger partial charge in [-0.3, -0.25) is 0 Å². The molecule has 0 atom stereocenters. The minimum absolute atomic E-state index is 0.161. The van der Waals surface area contributed by atoms with E-state index in [1.54, 1.807) is 24.3 Å². The number of nitrogens with zero attached hydrogens (tertiary/aromatic N) is 2. The van der Waals surface area contributed by atoms with E-state index >= 15 is 0 Å². The SMILES string of the molecule is N#C/C(=C\c1ccc(O)c(Br)c1)c1nc2ccccc2[nH]1. The molecule has 1 heterocycles. The van der Waals surface area contributed by atoms with Gasteiger partial charge in [0.15, 0.2) is 0 Å². The molecule has 21 heavy (non-hydrogen) atoms. The number of imidazole rings is 1. The molecule has 0 aliphatic heterocycles. The van der Waals surface area contributed by atoms with Crippen LogP contribution in [0.5, 0.6) is 5.75 Å². The molecule has 102 valence electrons. The number of aromatic amines is 1. The first-order valence-electron chi connectivity index (χ1n) is 6.23. The van der Waals surface area contributed by atoms with Gasteiger partial charge in [0, 0.05) is 0 Å². The number of H-pyrrole nitrogens is 1. The number of para-hydroxylation sites is 2. The number of fused-ring (bicyclic) bond motifs is 1. The smallest absolute Gasteiger partial charge is 0.149 e. The highest BCUT2D eigenvalue weighted by atomic mass is 79.9. The molecule has 2 N–H and O–H groups in total. The lowest BCUT2D eigenvalue weighted by Crippen LogP contribution is -1.85. The van der Waals surface area contributed by atoms with Gasteiger partial charge in [0.2, 0.25) is 0 Å². The van der Waals surface area contributed by atoms with Gasteiger partial charge in [-0.05, 0) is 51.8 Å². The summed E-state index contributed by atoms with van der Waals surface area (Å²) < 4.78 is 0.582. The third kappa shape index (κ3) is 2.67. The maximum atomic E-state index is 9.50. The molecule has 0 bridgehead atoms. The number of rotatable bonds is 2. The van der Waals surface area contributed by atoms with Crippen LogP contribution in [0.2, 0.25) is 0 Å². The molecule has 0 spiro atoms. The Hall–Kier alpha value is -2.58. The number of aromatic hydroxyl groups is 1. The second kappa shape index (κ2) is 5.43. The molecule has 5 heteroatoms. The summed E-state index contributed by atoms with van der Waals surface area (Å²) in [6.45, 7) is 0. The molecule has 3 rings (SSSR count). The molecule has 0 amide bonds. The van der Waals surface area contributed by atoms with Crippen molar-refractivity contribution in [1.82, 2.24) is 9.97 Å². The van der Waals surface area contributed by atoms with Gasteiger partial charge >= 0.3 is 0 Å². The fraction of sp³-hybridized carbons (Fsp3) is 0. The van der Waals surface area contributed by atoms with Crippen molar-refractivity contribution in [3.63, 3.8) is 0 Å². The Morgan fingerprint density at radius 1 is 1.29 bits per heavy atom. The monoisotopic (exact) mass is 339 g/mol. The maximum Gasteiger partial charge on any atom is 0.149 e. The molecular formula is C16H10BrN3O. The first kappa shape index (κ1) is 13.4. The van der Waals surface area contributed by atoms with Gasteiger partial charge in [-0.1, -0.05) is 18.2 Å². The van der Waals surface area contributed by atoms with Gasteiger partial charge in [0.25, 0.3) is 0 Å². The van der Waals surface area contributed by atoms with Crippen LogP contribution in [0.4, 0.5) is 0 Å². The quantitative estimate of drug-likeness (QED) is 0.690. The Labute approximate surface area is 129 Å². The van der Waals surface area contributed by atoms with E-state index in [-0.39, 0.29) is 5.75 Å². The fourth-order valence-corrected chi connectivity index (χ4v) is 2.41. The van der Waals surface area contributed by atoms with Crippen LogP contribution >= 0.6 is 15.9 Å². The number of nitrogens with one attached hydrogen (secondary N) is 1. The lowest BCUT2D eigenvalue weighted by Gasteiger charge is -1.99. The van der Waals surface area contributed by atoms with Crippen LogP contribution in [-0.2, 0) is 0 Å². The van der Waals surface area contributed by atoms with Crippen LogP contribution in [0.1, 0.15) is 11.4 Å². The van der Waals surface area contributed by atoms with Gasteiger partial charge in [-0.15, -0.1) is 0 Å². The summed E-state index contributed by atoms with van der Waals surface area (Å²) in [6, 6.07) is 14.8. The molecule has 0 saturated carbocycles. The topological polar surface area (TPSA) is 72.7 Å². The highest BCUT2D eigenvalue weighted by molar-refractivity contribution is 9.10. The average Bonchev–Trinajstić information content (AvgIpc) is 2.92. The van der Waals surface area contributed by atoms with Crippen LogP contribution in [-0.4, -0.2) is 15.1 Å². The van der Waals surface area contributed by atoms with E-state index in [0.717, 1.165) is 16.6 Å². The van der Waals surface area contributed by atoms with E-state index in [9.17, 15) is 10.4 Å². The summed E-state index contributed by atoms with van der Waals surface area (Å²) in [5.74, 6) is 0.692. The molecule has 0 fully saturated rings. The Morgan fingerprint density at radius 2 is 2.10 bits per heavy atom. The van der Waals surface area contributed by atoms with Crippen molar-refractivity contribution in [2.24, 2.45) is 0 Å². The minimum Gasteiger partial charge on any atom is -0.507 e. The second-order valence-electron chi connectivity index (χ2n) is 4.48. The predicted octanol–water partition coefficient (Wildman–Crippen LogP) is 4.10. The van der Waals surface area contributed by atoms with Gasteiger partial charge in [-0.25, -0.2) is 4.98 Å². The largest absolute Gasteiger partial charge is 0.507 e. The predicted molar refractivity (Wildman–Crippen MR) is 85.4 cm³/mol. The zero-order valence-electron chi connectivity index (χ0n) is 10.8. The van der Waals surface area contributed by atoms with E-state index in [2.05, 4.69) is 32.0 Å². The second-order valence-corrected chi connectivity index (χ2v) is 5.34. The molecule has 0 saturated heterocycles. The number of halogens is 1. The number of nitriles is 1. The summed E-state index contributed by atoms with van der Waals surface area (Å²) >= 11 is 3.26. The van der Waals surface area contributed by atoms with E-state index in [1.807, 2.05) is 24.3 Å². The highest BCUT2D eigenvalue weighted by Crippen LogP contribution is 2.26. The lowest BCUT2D eigenvalue weighted by molar-refractivity contribution is 0.472. The summed E-state index contributed by atoms with van der Waals surface area (Å²) in [5, 5.41) is 18.8. The van der Waals surface area contributed by atoms with Gasteiger partial charge in [0.05, 0.1) is 21.1 Å².